The molecule has 0 aliphatic heterocycles. The summed E-state index contributed by atoms with van der Waals surface area (Å²) in [6.07, 6.45) is 0. The van der Waals surface area contributed by atoms with Crippen molar-refractivity contribution in [3.63, 3.8) is 0 Å². The maximum atomic E-state index is 11.9. The summed E-state index contributed by atoms with van der Waals surface area (Å²) < 4.78 is 0. The lowest BCUT2D eigenvalue weighted by Gasteiger charge is -2.10. The minimum absolute atomic E-state index is 0.0330. The molecule has 1 aromatic heterocycles. The van der Waals surface area contributed by atoms with Crippen LogP contribution in [0.2, 0.25) is 0 Å². The quantitative estimate of drug-likeness (QED) is 0.726. The second kappa shape index (κ2) is 8.45. The first-order chi connectivity index (χ1) is 11.1. The molecule has 0 aliphatic carbocycles. The number of thiophene rings is 1. The van der Waals surface area contributed by atoms with Gasteiger partial charge in [0.2, 0.25) is 0 Å². The van der Waals surface area contributed by atoms with E-state index in [1.165, 1.54) is 11.3 Å². The van der Waals surface area contributed by atoms with E-state index in [0.29, 0.717) is 23.5 Å². The van der Waals surface area contributed by atoms with E-state index in [1.54, 1.807) is 18.2 Å². The Kier molecular flexibility index (Phi) is 6.31. The summed E-state index contributed by atoms with van der Waals surface area (Å²) in [6.45, 7) is 2.76. The number of carbonyl (C=O) groups excluding carboxylic acids is 2. The Morgan fingerprint density at radius 3 is 2.48 bits per heavy atom. The number of hydrogen-bond donors (Lipinski definition) is 3. The third-order valence-electron chi connectivity index (χ3n) is 3.34. The summed E-state index contributed by atoms with van der Waals surface area (Å²) >= 11 is 1.40. The molecule has 0 saturated carbocycles. The van der Waals surface area contributed by atoms with Gasteiger partial charge < -0.3 is 15.7 Å². The van der Waals surface area contributed by atoms with Crippen LogP contribution in [0.3, 0.4) is 0 Å². The molecular formula is C17H20N2O3S. The van der Waals surface area contributed by atoms with Crippen LogP contribution in [-0.2, 0) is 6.54 Å². The molecule has 0 fully saturated rings. The summed E-state index contributed by atoms with van der Waals surface area (Å²) in [5.41, 5.74) is 1.48. The highest BCUT2D eigenvalue weighted by Gasteiger charge is 2.08. The molecule has 2 rings (SSSR count). The van der Waals surface area contributed by atoms with Crippen molar-refractivity contribution in [2.24, 2.45) is 5.92 Å². The van der Waals surface area contributed by atoms with Gasteiger partial charge in [-0.3, -0.25) is 9.59 Å². The Hall–Kier alpha value is -2.18. The topological polar surface area (TPSA) is 78.4 Å². The van der Waals surface area contributed by atoms with Crippen LogP contribution in [0.4, 0.5) is 0 Å². The molecule has 0 aliphatic rings. The van der Waals surface area contributed by atoms with Gasteiger partial charge in [-0.25, -0.2) is 0 Å². The zero-order valence-corrected chi connectivity index (χ0v) is 13.7. The van der Waals surface area contributed by atoms with Crippen molar-refractivity contribution in [2.75, 3.05) is 13.2 Å². The van der Waals surface area contributed by atoms with Gasteiger partial charge in [0, 0.05) is 25.3 Å². The Labute approximate surface area is 139 Å². The SMILES string of the molecule is CC(CO)CNC(=O)c1ccc(CNC(=O)c2cccs2)cc1. The Morgan fingerprint density at radius 2 is 1.87 bits per heavy atom. The van der Waals surface area contributed by atoms with Gasteiger partial charge in [-0.2, -0.15) is 0 Å². The van der Waals surface area contributed by atoms with Crippen molar-refractivity contribution in [1.82, 2.24) is 10.6 Å². The fourth-order valence-corrected chi connectivity index (χ4v) is 2.52. The summed E-state index contributed by atoms with van der Waals surface area (Å²) in [4.78, 5) is 24.5. The lowest BCUT2D eigenvalue weighted by Crippen LogP contribution is -2.29. The zero-order chi connectivity index (χ0) is 16.7. The smallest absolute Gasteiger partial charge is 0.261 e. The number of benzene rings is 1. The molecule has 0 spiro atoms. The van der Waals surface area contributed by atoms with Crippen molar-refractivity contribution in [3.8, 4) is 0 Å². The number of amides is 2. The number of rotatable bonds is 7. The first kappa shape index (κ1) is 17.2. The summed E-state index contributed by atoms with van der Waals surface area (Å²) in [6, 6.07) is 10.7. The highest BCUT2D eigenvalue weighted by molar-refractivity contribution is 7.12. The molecule has 1 atom stereocenters. The molecule has 5 nitrogen and oxygen atoms in total. The molecule has 0 radical (unpaired) electrons. The van der Waals surface area contributed by atoms with Crippen LogP contribution in [0.1, 0.15) is 32.5 Å². The lowest BCUT2D eigenvalue weighted by molar-refractivity contribution is 0.0937. The van der Waals surface area contributed by atoms with E-state index >= 15 is 0 Å². The van der Waals surface area contributed by atoms with Crippen molar-refractivity contribution in [1.29, 1.82) is 0 Å². The number of aliphatic hydroxyl groups is 1. The van der Waals surface area contributed by atoms with Crippen molar-refractivity contribution < 1.29 is 14.7 Å². The monoisotopic (exact) mass is 332 g/mol. The number of nitrogens with one attached hydrogen (secondary N) is 2. The lowest BCUT2D eigenvalue weighted by atomic mass is 10.1. The zero-order valence-electron chi connectivity index (χ0n) is 12.9. The highest BCUT2D eigenvalue weighted by Crippen LogP contribution is 2.09. The van der Waals surface area contributed by atoms with Crippen LogP contribution >= 0.6 is 11.3 Å². The molecule has 23 heavy (non-hydrogen) atoms. The predicted octanol–water partition coefficient (Wildman–Crippen LogP) is 2.04. The highest BCUT2D eigenvalue weighted by atomic mass is 32.1. The minimum Gasteiger partial charge on any atom is -0.396 e. The standard InChI is InChI=1S/C17H20N2O3S/c1-12(11-20)9-18-16(21)14-6-4-13(5-7-14)10-19-17(22)15-3-2-8-23-15/h2-8,12,20H,9-11H2,1H3,(H,18,21)(H,19,22). The molecule has 2 amide bonds. The first-order valence-electron chi connectivity index (χ1n) is 7.40. The van der Waals surface area contributed by atoms with Gasteiger partial charge in [0.1, 0.15) is 0 Å². The average molecular weight is 332 g/mol. The molecule has 0 saturated heterocycles. The number of carbonyl (C=O) groups is 2. The van der Waals surface area contributed by atoms with Gasteiger partial charge >= 0.3 is 0 Å². The van der Waals surface area contributed by atoms with Gasteiger partial charge in [-0.15, -0.1) is 11.3 Å². The van der Waals surface area contributed by atoms with Crippen molar-refractivity contribution in [3.05, 3.63) is 57.8 Å². The van der Waals surface area contributed by atoms with Gasteiger partial charge in [0.25, 0.3) is 11.8 Å². The van der Waals surface area contributed by atoms with Crippen LogP contribution in [0.5, 0.6) is 0 Å². The van der Waals surface area contributed by atoms with E-state index < -0.39 is 0 Å². The maximum Gasteiger partial charge on any atom is 0.261 e. The van der Waals surface area contributed by atoms with Gasteiger partial charge in [0.05, 0.1) is 4.88 Å². The summed E-state index contributed by atoms with van der Waals surface area (Å²) in [5.74, 6) is -0.232. The fourth-order valence-electron chi connectivity index (χ4n) is 1.88. The minimum atomic E-state index is -0.167. The second-order valence-corrected chi connectivity index (χ2v) is 6.30. The van der Waals surface area contributed by atoms with Crippen LogP contribution in [0.25, 0.3) is 0 Å². The molecular weight excluding hydrogens is 312 g/mol. The maximum absolute atomic E-state index is 11.9. The molecule has 122 valence electrons. The van der Waals surface area contributed by atoms with E-state index in [9.17, 15) is 9.59 Å². The normalized spacial score (nSPS) is 11.7. The van der Waals surface area contributed by atoms with Gasteiger partial charge in [-0.05, 0) is 35.1 Å². The van der Waals surface area contributed by atoms with Crippen LogP contribution < -0.4 is 10.6 Å². The first-order valence-corrected chi connectivity index (χ1v) is 8.28. The second-order valence-electron chi connectivity index (χ2n) is 5.35. The van der Waals surface area contributed by atoms with Gasteiger partial charge in [-0.1, -0.05) is 25.1 Å². The summed E-state index contributed by atoms with van der Waals surface area (Å²) in [5, 5.41) is 16.4. The molecule has 3 N–H and O–H groups in total. The largest absolute Gasteiger partial charge is 0.396 e. The summed E-state index contributed by atoms with van der Waals surface area (Å²) in [7, 11) is 0. The van der Waals surface area contributed by atoms with Gasteiger partial charge in [0.15, 0.2) is 0 Å². The molecule has 2 aromatic rings. The number of hydrogen-bond acceptors (Lipinski definition) is 4. The Balaban J connectivity index is 1.84. The van der Waals surface area contributed by atoms with E-state index in [-0.39, 0.29) is 24.3 Å². The molecule has 1 heterocycles. The molecule has 0 bridgehead atoms. The van der Waals surface area contributed by atoms with E-state index in [2.05, 4.69) is 10.6 Å². The molecule has 1 aromatic carbocycles. The Morgan fingerprint density at radius 1 is 1.13 bits per heavy atom. The third kappa shape index (κ3) is 5.19. The van der Waals surface area contributed by atoms with Crippen molar-refractivity contribution in [2.45, 2.75) is 13.5 Å². The van der Waals surface area contributed by atoms with Crippen molar-refractivity contribution >= 4 is 23.2 Å². The van der Waals surface area contributed by atoms with Crippen LogP contribution in [-0.4, -0.2) is 30.1 Å². The molecule has 6 heteroatoms. The van der Waals surface area contributed by atoms with Crippen LogP contribution in [0, 0.1) is 5.92 Å². The third-order valence-corrected chi connectivity index (χ3v) is 4.21. The number of aliphatic hydroxyl groups excluding tert-OH is 1. The predicted molar refractivity (Wildman–Crippen MR) is 90.5 cm³/mol. The fraction of sp³-hybridized carbons (Fsp3) is 0.294. The van der Waals surface area contributed by atoms with E-state index in [4.69, 9.17) is 5.11 Å². The molecule has 1 unspecified atom stereocenters. The average Bonchev–Trinajstić information content (AvgIpc) is 3.12. The van der Waals surface area contributed by atoms with E-state index in [0.717, 1.165) is 5.56 Å². The van der Waals surface area contributed by atoms with Crippen LogP contribution in [0.15, 0.2) is 41.8 Å². The van der Waals surface area contributed by atoms with E-state index in [1.807, 2.05) is 30.5 Å². The Bertz CT molecular complexity index is 638.